The minimum absolute atomic E-state index is 0.168. The summed E-state index contributed by atoms with van der Waals surface area (Å²) in [6.07, 6.45) is 3.33. The van der Waals surface area contributed by atoms with Crippen molar-refractivity contribution in [3.63, 3.8) is 0 Å². The van der Waals surface area contributed by atoms with Crippen LogP contribution in [0.2, 0.25) is 0 Å². The first-order chi connectivity index (χ1) is 9.16. The molecule has 0 saturated heterocycles. The molecule has 0 aromatic heterocycles. The van der Waals surface area contributed by atoms with Gasteiger partial charge in [-0.15, -0.1) is 0 Å². The second kappa shape index (κ2) is 6.15. The molecule has 1 aliphatic heterocycles. The van der Waals surface area contributed by atoms with Gasteiger partial charge in [0.25, 0.3) is 5.91 Å². The number of carbonyl (C=O) groups is 1. The standard InChI is InChI=1S/C14H18N4O/c1-18(2)8-7-15-14(19)13-10-17-12-6-4-3-5-11(12)9-16-13/h3-6,9-10,17H,7-8H2,1-2H3,(H,15,19). The quantitative estimate of drug-likeness (QED) is 0.848. The molecule has 0 saturated carbocycles. The van der Waals surface area contributed by atoms with Crippen LogP contribution in [-0.2, 0) is 4.79 Å². The van der Waals surface area contributed by atoms with Crippen molar-refractivity contribution in [2.75, 3.05) is 32.5 Å². The summed E-state index contributed by atoms with van der Waals surface area (Å²) >= 11 is 0. The molecule has 1 aromatic carbocycles. The van der Waals surface area contributed by atoms with Crippen LogP contribution >= 0.6 is 0 Å². The number of amides is 1. The van der Waals surface area contributed by atoms with Crippen molar-refractivity contribution >= 4 is 17.8 Å². The predicted molar refractivity (Wildman–Crippen MR) is 77.3 cm³/mol. The van der Waals surface area contributed by atoms with Gasteiger partial charge in [-0.2, -0.15) is 0 Å². The fourth-order valence-electron chi connectivity index (χ4n) is 1.67. The number of aliphatic imine (C=N–C) groups is 1. The third-order valence-electron chi connectivity index (χ3n) is 2.75. The van der Waals surface area contributed by atoms with Crippen molar-refractivity contribution in [3.05, 3.63) is 41.7 Å². The molecule has 19 heavy (non-hydrogen) atoms. The number of hydrogen-bond donors (Lipinski definition) is 2. The zero-order chi connectivity index (χ0) is 13.7. The summed E-state index contributed by atoms with van der Waals surface area (Å²) in [5.41, 5.74) is 2.30. The van der Waals surface area contributed by atoms with E-state index in [0.717, 1.165) is 17.8 Å². The van der Waals surface area contributed by atoms with Crippen LogP contribution in [0.3, 0.4) is 0 Å². The maximum Gasteiger partial charge on any atom is 0.271 e. The molecule has 0 atom stereocenters. The number of carbonyl (C=O) groups excluding carboxylic acids is 1. The number of fused-ring (bicyclic) bond motifs is 1. The van der Waals surface area contributed by atoms with Crippen LogP contribution in [0.1, 0.15) is 5.56 Å². The topological polar surface area (TPSA) is 56.7 Å². The van der Waals surface area contributed by atoms with Crippen molar-refractivity contribution in [2.45, 2.75) is 0 Å². The molecule has 0 unspecified atom stereocenters. The highest BCUT2D eigenvalue weighted by Gasteiger charge is 2.10. The smallest absolute Gasteiger partial charge is 0.271 e. The first kappa shape index (κ1) is 13.3. The van der Waals surface area contributed by atoms with Gasteiger partial charge < -0.3 is 15.5 Å². The zero-order valence-corrected chi connectivity index (χ0v) is 11.2. The van der Waals surface area contributed by atoms with Gasteiger partial charge in [0.05, 0.1) is 0 Å². The number of nitrogens with zero attached hydrogens (tertiary/aromatic N) is 2. The molecule has 1 amide bonds. The zero-order valence-electron chi connectivity index (χ0n) is 11.2. The van der Waals surface area contributed by atoms with E-state index in [-0.39, 0.29) is 5.91 Å². The number of benzene rings is 1. The fourth-order valence-corrected chi connectivity index (χ4v) is 1.67. The molecule has 0 aliphatic carbocycles. The van der Waals surface area contributed by atoms with Gasteiger partial charge in [0, 0.05) is 36.8 Å². The maximum absolute atomic E-state index is 11.9. The monoisotopic (exact) mass is 258 g/mol. The van der Waals surface area contributed by atoms with E-state index in [1.165, 1.54) is 0 Å². The Morgan fingerprint density at radius 1 is 1.37 bits per heavy atom. The van der Waals surface area contributed by atoms with Gasteiger partial charge in [-0.3, -0.25) is 4.79 Å². The summed E-state index contributed by atoms with van der Waals surface area (Å²) in [5, 5.41) is 5.93. The fraction of sp³-hybridized carbons (Fsp3) is 0.286. The average Bonchev–Trinajstić information content (AvgIpc) is 2.60. The van der Waals surface area contributed by atoms with Crippen molar-refractivity contribution in [3.8, 4) is 0 Å². The van der Waals surface area contributed by atoms with Crippen LogP contribution in [0.15, 0.2) is 41.2 Å². The predicted octanol–water partition coefficient (Wildman–Crippen LogP) is 1.05. The molecule has 1 aliphatic rings. The van der Waals surface area contributed by atoms with E-state index in [4.69, 9.17) is 0 Å². The molecule has 2 N–H and O–H groups in total. The van der Waals surface area contributed by atoms with Crippen LogP contribution in [0.5, 0.6) is 0 Å². The molecular formula is C14H18N4O. The molecule has 5 heteroatoms. The highest BCUT2D eigenvalue weighted by Crippen LogP contribution is 2.16. The summed E-state index contributed by atoms with van der Waals surface area (Å²) < 4.78 is 0. The Hall–Kier alpha value is -2.14. The first-order valence-corrected chi connectivity index (χ1v) is 6.19. The number of rotatable bonds is 4. The van der Waals surface area contributed by atoms with E-state index in [2.05, 4.69) is 15.6 Å². The summed E-state index contributed by atoms with van der Waals surface area (Å²) in [7, 11) is 3.93. The Kier molecular flexibility index (Phi) is 4.30. The molecular weight excluding hydrogens is 240 g/mol. The van der Waals surface area contributed by atoms with Crippen LogP contribution < -0.4 is 10.6 Å². The molecule has 1 heterocycles. The third-order valence-corrected chi connectivity index (χ3v) is 2.75. The average molecular weight is 258 g/mol. The second-order valence-electron chi connectivity index (χ2n) is 4.58. The van der Waals surface area contributed by atoms with Gasteiger partial charge in [0.2, 0.25) is 0 Å². The van der Waals surface area contributed by atoms with Gasteiger partial charge >= 0.3 is 0 Å². The van der Waals surface area contributed by atoms with Gasteiger partial charge in [-0.05, 0) is 20.2 Å². The lowest BCUT2D eigenvalue weighted by atomic mass is 10.2. The molecule has 0 radical (unpaired) electrons. The van der Waals surface area contributed by atoms with E-state index in [0.29, 0.717) is 12.2 Å². The summed E-state index contributed by atoms with van der Waals surface area (Å²) in [6, 6.07) is 7.78. The number of nitrogens with one attached hydrogen (secondary N) is 2. The molecule has 2 rings (SSSR count). The highest BCUT2D eigenvalue weighted by molar-refractivity contribution is 5.99. The SMILES string of the molecule is CN(C)CCNC(=O)C1=CNc2ccccc2C=N1. The van der Waals surface area contributed by atoms with Crippen molar-refractivity contribution < 1.29 is 4.79 Å². The highest BCUT2D eigenvalue weighted by atomic mass is 16.2. The van der Waals surface area contributed by atoms with Crippen LogP contribution in [0, 0.1) is 0 Å². The van der Waals surface area contributed by atoms with E-state index in [9.17, 15) is 4.79 Å². The lowest BCUT2D eigenvalue weighted by Gasteiger charge is -2.10. The lowest BCUT2D eigenvalue weighted by molar-refractivity contribution is -0.117. The van der Waals surface area contributed by atoms with E-state index >= 15 is 0 Å². The largest absolute Gasteiger partial charge is 0.359 e. The van der Waals surface area contributed by atoms with Crippen LogP contribution in [0.25, 0.3) is 0 Å². The van der Waals surface area contributed by atoms with Crippen molar-refractivity contribution in [1.29, 1.82) is 0 Å². The Balaban J connectivity index is 1.99. The Morgan fingerprint density at radius 2 is 2.16 bits per heavy atom. The summed E-state index contributed by atoms with van der Waals surface area (Å²) in [6.45, 7) is 1.40. The number of anilines is 1. The van der Waals surface area contributed by atoms with Crippen molar-refractivity contribution in [1.82, 2.24) is 10.2 Å². The lowest BCUT2D eigenvalue weighted by Crippen LogP contribution is -2.32. The van der Waals surface area contributed by atoms with E-state index < -0.39 is 0 Å². The molecule has 100 valence electrons. The van der Waals surface area contributed by atoms with Crippen molar-refractivity contribution in [2.24, 2.45) is 4.99 Å². The number of para-hydroxylation sites is 1. The molecule has 0 fully saturated rings. The van der Waals surface area contributed by atoms with Gasteiger partial charge in [-0.25, -0.2) is 4.99 Å². The van der Waals surface area contributed by atoms with Gasteiger partial charge in [0.15, 0.2) is 0 Å². The Bertz CT molecular complexity index is 520. The summed E-state index contributed by atoms with van der Waals surface area (Å²) in [4.78, 5) is 18.2. The molecule has 0 spiro atoms. The molecule has 1 aromatic rings. The third kappa shape index (κ3) is 3.66. The minimum atomic E-state index is -0.168. The van der Waals surface area contributed by atoms with E-state index in [1.807, 2.05) is 43.3 Å². The normalized spacial score (nSPS) is 13.3. The summed E-state index contributed by atoms with van der Waals surface area (Å²) in [5.74, 6) is -0.168. The van der Waals surface area contributed by atoms with E-state index in [1.54, 1.807) is 12.4 Å². The molecule has 0 bridgehead atoms. The van der Waals surface area contributed by atoms with Crippen LogP contribution in [0.4, 0.5) is 5.69 Å². The molecule has 5 nitrogen and oxygen atoms in total. The van der Waals surface area contributed by atoms with Crippen LogP contribution in [-0.4, -0.2) is 44.2 Å². The first-order valence-electron chi connectivity index (χ1n) is 6.19. The van der Waals surface area contributed by atoms with Gasteiger partial charge in [0.1, 0.15) is 5.70 Å². The Labute approximate surface area is 113 Å². The van der Waals surface area contributed by atoms with Gasteiger partial charge in [-0.1, -0.05) is 18.2 Å². The minimum Gasteiger partial charge on any atom is -0.359 e. The maximum atomic E-state index is 11.9. The number of hydrogen-bond acceptors (Lipinski definition) is 4. The second-order valence-corrected chi connectivity index (χ2v) is 4.58. The Morgan fingerprint density at radius 3 is 2.95 bits per heavy atom. The number of likely N-dealkylation sites (N-methyl/N-ethyl adjacent to an activating group) is 1.